The number of nitro groups is 3. The Balaban J connectivity index is 2.17. The number of nitrogens with zero attached hydrogens (tertiary/aromatic N) is 4. The zero-order valence-electron chi connectivity index (χ0n) is 18.7. The van der Waals surface area contributed by atoms with E-state index in [9.17, 15) is 30.3 Å². The molecule has 0 radical (unpaired) electrons. The largest absolute Gasteiger partial charge is 0.284 e. The van der Waals surface area contributed by atoms with Crippen LogP contribution >= 0.6 is 0 Å². The first-order chi connectivity index (χ1) is 16.2. The van der Waals surface area contributed by atoms with Crippen molar-refractivity contribution in [3.05, 3.63) is 101 Å². The van der Waals surface area contributed by atoms with Crippen LogP contribution in [0.25, 0.3) is 11.1 Å². The normalized spacial score (nSPS) is 13.0. The molecule has 172 valence electrons. The molecule has 0 saturated heterocycles. The second-order valence-electron chi connectivity index (χ2n) is 7.94. The van der Waals surface area contributed by atoms with Gasteiger partial charge < -0.3 is 0 Å². The predicted molar refractivity (Wildman–Crippen MR) is 127 cm³/mol. The molecule has 0 aliphatic heterocycles. The fraction of sp³-hybridized carbons (Fsp3) is 0.208. The Labute approximate surface area is 194 Å². The van der Waals surface area contributed by atoms with Crippen molar-refractivity contribution in [2.75, 3.05) is 0 Å². The molecule has 1 aliphatic rings. The first-order valence-electron chi connectivity index (χ1n) is 10.6. The van der Waals surface area contributed by atoms with E-state index < -0.39 is 26.1 Å². The molecule has 0 unspecified atom stereocenters. The van der Waals surface area contributed by atoms with Crippen LogP contribution in [0.1, 0.15) is 41.7 Å². The van der Waals surface area contributed by atoms with Gasteiger partial charge in [0, 0.05) is 34.4 Å². The maximum absolute atomic E-state index is 11.9. The third kappa shape index (κ3) is 3.58. The van der Waals surface area contributed by atoms with Crippen molar-refractivity contribution < 1.29 is 14.8 Å². The van der Waals surface area contributed by atoms with Gasteiger partial charge in [0.15, 0.2) is 0 Å². The van der Waals surface area contributed by atoms with Crippen LogP contribution in [0.5, 0.6) is 0 Å². The molecule has 0 saturated carbocycles. The Morgan fingerprint density at radius 3 is 2.03 bits per heavy atom. The van der Waals surface area contributed by atoms with Gasteiger partial charge in [0.05, 0.1) is 37.8 Å². The summed E-state index contributed by atoms with van der Waals surface area (Å²) >= 11 is 0. The van der Waals surface area contributed by atoms with E-state index in [1.54, 1.807) is 13.0 Å². The lowest BCUT2D eigenvalue weighted by atomic mass is 9.99. The quantitative estimate of drug-likeness (QED) is 0.255. The third-order valence-electron chi connectivity index (χ3n) is 6.01. The number of aliphatic imine (C=N–C) groups is 1. The Morgan fingerprint density at radius 2 is 1.44 bits per heavy atom. The summed E-state index contributed by atoms with van der Waals surface area (Å²) in [4.78, 5) is 38.1. The number of para-hydroxylation sites is 1. The summed E-state index contributed by atoms with van der Waals surface area (Å²) in [7, 11) is 0. The van der Waals surface area contributed by atoms with Gasteiger partial charge in [-0.1, -0.05) is 32.0 Å². The molecule has 0 spiro atoms. The van der Waals surface area contributed by atoms with Crippen molar-refractivity contribution in [2.24, 2.45) is 4.99 Å². The highest BCUT2D eigenvalue weighted by Crippen LogP contribution is 2.47. The van der Waals surface area contributed by atoms with Crippen LogP contribution in [0.3, 0.4) is 0 Å². The molecule has 0 N–H and O–H groups in total. The lowest BCUT2D eigenvalue weighted by Gasteiger charge is -2.10. The van der Waals surface area contributed by atoms with Crippen LogP contribution in [-0.2, 0) is 12.8 Å². The first-order valence-corrected chi connectivity index (χ1v) is 10.6. The minimum absolute atomic E-state index is 0.0988. The molecule has 0 bridgehead atoms. The van der Waals surface area contributed by atoms with Crippen molar-refractivity contribution in [3.8, 4) is 11.1 Å². The fourth-order valence-corrected chi connectivity index (χ4v) is 4.36. The number of hydrogen-bond acceptors (Lipinski definition) is 7. The minimum Gasteiger partial charge on any atom is -0.258 e. The van der Waals surface area contributed by atoms with E-state index in [0.29, 0.717) is 35.4 Å². The van der Waals surface area contributed by atoms with E-state index in [1.165, 1.54) is 12.1 Å². The van der Waals surface area contributed by atoms with Crippen LogP contribution in [0.2, 0.25) is 0 Å². The lowest BCUT2D eigenvalue weighted by Crippen LogP contribution is -2.03. The number of rotatable bonds is 6. The number of benzene rings is 3. The SMILES string of the molecule is CCc1cc2c(cc1[N+](=O)[O-])-c1c(cc([N+](=O)[O-])cc1[N+](=O)[O-])C2=Nc1c(C)cccc1CC. The van der Waals surface area contributed by atoms with Crippen molar-refractivity contribution >= 4 is 28.5 Å². The van der Waals surface area contributed by atoms with Crippen molar-refractivity contribution in [3.63, 3.8) is 0 Å². The Kier molecular flexibility index (Phi) is 5.66. The van der Waals surface area contributed by atoms with E-state index in [4.69, 9.17) is 4.99 Å². The standard InChI is InChI=1S/C24H20N4O6/c1-4-14-8-6-7-13(3)23(14)25-24-18-9-15(5-2)20(27(31)32)12-17(18)22-19(24)10-16(26(29)30)11-21(22)28(33)34/h6-12H,4-5H2,1-3H3. The molecule has 0 fully saturated rings. The fourth-order valence-electron chi connectivity index (χ4n) is 4.36. The molecule has 10 heteroatoms. The number of non-ortho nitro benzene ring substituents is 1. The third-order valence-corrected chi connectivity index (χ3v) is 6.01. The first kappa shape index (κ1) is 22.7. The minimum atomic E-state index is -0.705. The van der Waals surface area contributed by atoms with Crippen LogP contribution < -0.4 is 0 Å². The molecule has 0 aromatic heterocycles. The Hall–Kier alpha value is -4.47. The molecule has 1 aliphatic carbocycles. The molecular weight excluding hydrogens is 440 g/mol. The topological polar surface area (TPSA) is 142 Å². The second-order valence-corrected chi connectivity index (χ2v) is 7.94. The monoisotopic (exact) mass is 460 g/mol. The number of nitro benzene ring substituents is 3. The van der Waals surface area contributed by atoms with Gasteiger partial charge in [0.2, 0.25) is 0 Å². The molecule has 34 heavy (non-hydrogen) atoms. The molecule has 0 amide bonds. The average molecular weight is 460 g/mol. The van der Waals surface area contributed by atoms with Gasteiger partial charge in [-0.25, -0.2) is 4.99 Å². The highest BCUT2D eigenvalue weighted by atomic mass is 16.6. The summed E-state index contributed by atoms with van der Waals surface area (Å²) in [5.74, 6) is 0. The van der Waals surface area contributed by atoms with Crippen molar-refractivity contribution in [1.29, 1.82) is 0 Å². The molecule has 10 nitrogen and oxygen atoms in total. The maximum Gasteiger partial charge on any atom is 0.284 e. The molecule has 4 rings (SSSR count). The van der Waals surface area contributed by atoms with Crippen molar-refractivity contribution in [1.82, 2.24) is 0 Å². The van der Waals surface area contributed by atoms with Gasteiger partial charge in [0.1, 0.15) is 0 Å². The number of hydrogen-bond donors (Lipinski definition) is 0. The van der Waals surface area contributed by atoms with Gasteiger partial charge in [-0.15, -0.1) is 0 Å². The summed E-state index contributed by atoms with van der Waals surface area (Å²) in [5, 5.41) is 35.2. The van der Waals surface area contributed by atoms with Crippen LogP contribution in [0.4, 0.5) is 22.7 Å². The molecular formula is C24H20N4O6. The van der Waals surface area contributed by atoms with E-state index in [-0.39, 0.29) is 22.4 Å². The van der Waals surface area contributed by atoms with E-state index >= 15 is 0 Å². The molecule has 3 aromatic carbocycles. The van der Waals surface area contributed by atoms with E-state index in [2.05, 4.69) is 0 Å². The van der Waals surface area contributed by atoms with Gasteiger partial charge in [-0.2, -0.15) is 0 Å². The van der Waals surface area contributed by atoms with Crippen molar-refractivity contribution in [2.45, 2.75) is 33.6 Å². The summed E-state index contributed by atoms with van der Waals surface area (Å²) in [6.07, 6.45) is 1.04. The average Bonchev–Trinajstić information content (AvgIpc) is 3.11. The van der Waals surface area contributed by atoms with Gasteiger partial charge in [-0.3, -0.25) is 30.3 Å². The van der Waals surface area contributed by atoms with E-state index in [0.717, 1.165) is 17.2 Å². The lowest BCUT2D eigenvalue weighted by molar-refractivity contribution is -0.393. The molecule has 0 atom stereocenters. The smallest absolute Gasteiger partial charge is 0.258 e. The summed E-state index contributed by atoms with van der Waals surface area (Å²) in [6.45, 7) is 5.64. The van der Waals surface area contributed by atoms with Crippen LogP contribution in [0.15, 0.2) is 47.5 Å². The second kappa shape index (κ2) is 8.47. The summed E-state index contributed by atoms with van der Waals surface area (Å²) in [5.41, 5.74) is 3.22. The predicted octanol–water partition coefficient (Wildman–Crippen LogP) is 5.99. The summed E-state index contributed by atoms with van der Waals surface area (Å²) in [6, 6.07) is 10.8. The Bertz CT molecular complexity index is 1430. The maximum atomic E-state index is 11.9. The van der Waals surface area contributed by atoms with Crippen LogP contribution in [-0.4, -0.2) is 20.5 Å². The number of fused-ring (bicyclic) bond motifs is 3. The van der Waals surface area contributed by atoms with Gasteiger partial charge in [0.25, 0.3) is 17.1 Å². The molecule has 0 heterocycles. The highest BCUT2D eigenvalue weighted by Gasteiger charge is 2.37. The molecule has 3 aromatic rings. The zero-order chi connectivity index (χ0) is 24.7. The summed E-state index contributed by atoms with van der Waals surface area (Å²) < 4.78 is 0. The zero-order valence-corrected chi connectivity index (χ0v) is 18.7. The van der Waals surface area contributed by atoms with Gasteiger partial charge >= 0.3 is 0 Å². The van der Waals surface area contributed by atoms with Gasteiger partial charge in [-0.05, 0) is 37.0 Å². The van der Waals surface area contributed by atoms with Crippen LogP contribution in [0, 0.1) is 37.3 Å². The number of aryl methyl sites for hydroxylation is 3. The Morgan fingerprint density at radius 1 is 0.765 bits per heavy atom. The highest BCUT2D eigenvalue weighted by molar-refractivity contribution is 6.27. The van der Waals surface area contributed by atoms with E-state index in [1.807, 2.05) is 32.0 Å².